The minimum absolute atomic E-state index is 0.148. The molecule has 1 spiro atoms. The first kappa shape index (κ1) is 42.2. The number of hydrogen-bond acceptors (Lipinski definition) is 11. The van der Waals surface area contributed by atoms with Crippen LogP contribution in [0.15, 0.2) is 53.6 Å². The molecule has 2 amide bonds. The predicted molar refractivity (Wildman–Crippen MR) is 230 cm³/mol. The van der Waals surface area contributed by atoms with E-state index in [-0.39, 0.29) is 35.9 Å². The zero-order chi connectivity index (χ0) is 42.0. The van der Waals surface area contributed by atoms with Crippen molar-refractivity contribution in [3.8, 4) is 0 Å². The summed E-state index contributed by atoms with van der Waals surface area (Å²) in [7, 11) is 3.56. The van der Waals surface area contributed by atoms with Crippen molar-refractivity contribution in [2.45, 2.75) is 111 Å². The summed E-state index contributed by atoms with van der Waals surface area (Å²) in [6, 6.07) is 14.1. The molecule has 4 fully saturated rings. The van der Waals surface area contributed by atoms with Gasteiger partial charge in [-0.3, -0.25) is 24.1 Å². The normalized spacial score (nSPS) is 21.8. The van der Waals surface area contributed by atoms with Gasteiger partial charge in [0, 0.05) is 73.8 Å². The highest BCUT2D eigenvalue weighted by Gasteiger charge is 2.61. The maximum atomic E-state index is 15.9. The Hall–Kier alpha value is -4.51. The minimum Gasteiger partial charge on any atom is -0.351 e. The number of halogens is 2. The van der Waals surface area contributed by atoms with Gasteiger partial charge in [0.1, 0.15) is 12.6 Å². The molecular formula is C44H56F2N10O3S. The lowest BCUT2D eigenvalue weighted by Gasteiger charge is -2.38. The van der Waals surface area contributed by atoms with E-state index >= 15 is 8.78 Å². The number of nitrogens with zero attached hydrogens (tertiary/aromatic N) is 7. The van der Waals surface area contributed by atoms with Crippen LogP contribution < -0.4 is 20.9 Å². The van der Waals surface area contributed by atoms with Crippen molar-refractivity contribution in [1.82, 2.24) is 34.3 Å². The van der Waals surface area contributed by atoms with Gasteiger partial charge < -0.3 is 20.7 Å². The van der Waals surface area contributed by atoms with E-state index in [2.05, 4.69) is 37.5 Å². The van der Waals surface area contributed by atoms with Gasteiger partial charge in [-0.25, -0.2) is 18.1 Å². The van der Waals surface area contributed by atoms with Gasteiger partial charge in [0.15, 0.2) is 5.82 Å². The number of alkyl halides is 2. The number of benzene rings is 2. The van der Waals surface area contributed by atoms with Crippen molar-refractivity contribution in [1.29, 1.82) is 0 Å². The fourth-order valence-corrected chi connectivity index (χ4v) is 10.7. The van der Waals surface area contributed by atoms with Crippen molar-refractivity contribution < 1.29 is 23.2 Å². The largest absolute Gasteiger partial charge is 0.351 e. The maximum Gasteiger partial charge on any atom is 0.267 e. The molecule has 0 bridgehead atoms. The van der Waals surface area contributed by atoms with Crippen LogP contribution in [0, 0.1) is 0 Å². The number of carbonyl (C=O) groups excluding carboxylic acids is 3. The third-order valence-corrected chi connectivity index (χ3v) is 14.1. The third kappa shape index (κ3) is 8.66. The van der Waals surface area contributed by atoms with E-state index in [0.29, 0.717) is 55.3 Å². The average Bonchev–Trinajstić information content (AvgIpc) is 3.95. The molecule has 5 aliphatic rings. The Labute approximate surface area is 354 Å². The smallest absolute Gasteiger partial charge is 0.267 e. The number of nitrogens with one attached hydrogen (secondary N) is 3. The lowest BCUT2D eigenvalue weighted by molar-refractivity contribution is -0.121. The Kier molecular flexibility index (Phi) is 12.5. The number of carbonyl (C=O) groups is 3. The van der Waals surface area contributed by atoms with Gasteiger partial charge >= 0.3 is 0 Å². The number of piperidine rings is 2. The quantitative estimate of drug-likeness (QED) is 0.132. The van der Waals surface area contributed by atoms with Gasteiger partial charge in [0.25, 0.3) is 5.92 Å². The molecule has 320 valence electrons. The Morgan fingerprint density at radius 3 is 2.52 bits per heavy atom. The van der Waals surface area contributed by atoms with Crippen LogP contribution in [0.5, 0.6) is 0 Å². The summed E-state index contributed by atoms with van der Waals surface area (Å²) in [6.45, 7) is 5.06. The summed E-state index contributed by atoms with van der Waals surface area (Å²) < 4.78 is 35.8. The SMILES string of the molecule is C=O.CNCCC(=O)Nc1nn(C)c2cc(C3CCN(Cc4cccc(SN5CCC(Nc6ncc7c(n6)N(C6CCCCC6)C(=O)C76CC6)CC5)c4)CC3(F)F)ccc12. The molecule has 2 saturated heterocycles. The molecule has 2 aromatic carbocycles. The molecule has 60 heavy (non-hydrogen) atoms. The van der Waals surface area contributed by atoms with Crippen LogP contribution >= 0.6 is 11.9 Å². The Balaban J connectivity index is 0.00000246. The number of amides is 2. The van der Waals surface area contributed by atoms with Crippen molar-refractivity contribution >= 4 is 59.0 Å². The van der Waals surface area contributed by atoms with Gasteiger partial charge in [0.2, 0.25) is 17.8 Å². The topological polar surface area (TPSA) is 141 Å². The number of hydrogen-bond donors (Lipinski definition) is 3. The van der Waals surface area contributed by atoms with E-state index in [4.69, 9.17) is 14.8 Å². The molecule has 9 rings (SSSR count). The minimum atomic E-state index is -2.91. The van der Waals surface area contributed by atoms with Gasteiger partial charge in [-0.05, 0) is 106 Å². The molecule has 1 atom stereocenters. The molecule has 16 heteroatoms. The lowest BCUT2D eigenvalue weighted by atomic mass is 9.85. The Bertz CT molecular complexity index is 2190. The molecule has 5 heterocycles. The van der Waals surface area contributed by atoms with E-state index in [1.54, 1.807) is 48.9 Å². The first-order valence-electron chi connectivity index (χ1n) is 21.4. The number of rotatable bonds is 12. The number of anilines is 3. The monoisotopic (exact) mass is 842 g/mol. The van der Waals surface area contributed by atoms with Crippen molar-refractivity contribution in [3.63, 3.8) is 0 Å². The summed E-state index contributed by atoms with van der Waals surface area (Å²) in [5.41, 5.74) is 2.99. The molecular weight excluding hydrogens is 787 g/mol. The summed E-state index contributed by atoms with van der Waals surface area (Å²) in [5.74, 6) is -1.81. The molecule has 13 nitrogen and oxygen atoms in total. The molecule has 2 aromatic heterocycles. The highest BCUT2D eigenvalue weighted by atomic mass is 32.2. The predicted octanol–water partition coefficient (Wildman–Crippen LogP) is 6.65. The number of likely N-dealkylation sites (tertiary alicyclic amines) is 1. The van der Waals surface area contributed by atoms with E-state index in [0.717, 1.165) is 78.8 Å². The summed E-state index contributed by atoms with van der Waals surface area (Å²) >= 11 is 1.73. The summed E-state index contributed by atoms with van der Waals surface area (Å²) in [6.07, 6.45) is 11.9. The van der Waals surface area contributed by atoms with Crippen LogP contribution in [0.1, 0.15) is 93.2 Å². The van der Waals surface area contributed by atoms with E-state index in [9.17, 15) is 9.59 Å². The Morgan fingerprint density at radius 1 is 1.00 bits per heavy atom. The molecule has 0 radical (unpaired) electrons. The standard InChI is InChI=1S/C43H54F2N10O2S.CH2O/c1-46-19-13-37(56)49-38-33-12-11-29(24-36(33)52(2)51-38)34-16-20-53(27-43(34,44)45)26-28-7-6-10-32(23-28)58-54-21-14-30(15-22-54)48-41-47-25-35-39(50-41)55(31-8-4-3-5-9-31)40(57)42(35)17-18-42;1-2/h6-7,10-12,23-25,30-31,34,46H,3-5,8-9,13-22,26-27H2,1-2H3,(H,47,48,50)(H,49,51,56);1H2. The molecule has 2 aliphatic carbocycles. The second kappa shape index (κ2) is 17.8. The van der Waals surface area contributed by atoms with E-state index in [1.807, 2.05) is 34.9 Å². The van der Waals surface area contributed by atoms with Gasteiger partial charge in [-0.2, -0.15) is 10.1 Å². The zero-order valence-corrected chi connectivity index (χ0v) is 35.4. The first-order chi connectivity index (χ1) is 29.1. The molecule has 2 saturated carbocycles. The van der Waals surface area contributed by atoms with Gasteiger partial charge in [-0.15, -0.1) is 0 Å². The highest BCUT2D eigenvalue weighted by Crippen LogP contribution is 2.57. The molecule has 3 aliphatic heterocycles. The van der Waals surface area contributed by atoms with Crippen LogP contribution in [-0.4, -0.2) is 105 Å². The first-order valence-corrected chi connectivity index (χ1v) is 22.2. The zero-order valence-electron chi connectivity index (χ0n) is 34.6. The van der Waals surface area contributed by atoms with Gasteiger partial charge in [0.05, 0.1) is 23.4 Å². The van der Waals surface area contributed by atoms with Crippen molar-refractivity contribution in [2.24, 2.45) is 7.05 Å². The molecule has 3 N–H and O–H groups in total. The third-order valence-electron chi connectivity index (χ3n) is 13.0. The van der Waals surface area contributed by atoms with E-state index in [1.165, 1.54) is 19.3 Å². The van der Waals surface area contributed by atoms with E-state index < -0.39 is 11.8 Å². The van der Waals surface area contributed by atoms with Crippen LogP contribution in [0.3, 0.4) is 0 Å². The second-order valence-electron chi connectivity index (χ2n) is 17.0. The maximum absolute atomic E-state index is 15.9. The van der Waals surface area contributed by atoms with Crippen LogP contribution in [0.2, 0.25) is 0 Å². The lowest BCUT2D eigenvalue weighted by Crippen LogP contribution is -2.46. The summed E-state index contributed by atoms with van der Waals surface area (Å²) in [4.78, 5) is 48.6. The molecule has 4 aromatic rings. The fourth-order valence-electron chi connectivity index (χ4n) is 9.65. The molecule has 1 unspecified atom stereocenters. The average molecular weight is 843 g/mol. The van der Waals surface area contributed by atoms with Crippen LogP contribution in [0.25, 0.3) is 10.9 Å². The van der Waals surface area contributed by atoms with Crippen LogP contribution in [0.4, 0.5) is 26.4 Å². The number of aryl methyl sites for hydroxylation is 1. The number of fused-ring (bicyclic) bond motifs is 3. The fraction of sp³-hybridized carbons (Fsp3) is 0.545. The highest BCUT2D eigenvalue weighted by molar-refractivity contribution is 7.97. The summed E-state index contributed by atoms with van der Waals surface area (Å²) in [5, 5.41) is 14.6. The van der Waals surface area contributed by atoms with Crippen molar-refractivity contribution in [2.75, 3.05) is 55.3 Å². The van der Waals surface area contributed by atoms with Gasteiger partial charge in [-0.1, -0.05) is 37.5 Å². The second-order valence-corrected chi connectivity index (χ2v) is 18.2. The Morgan fingerprint density at radius 2 is 1.78 bits per heavy atom. The van der Waals surface area contributed by atoms with Crippen molar-refractivity contribution in [3.05, 3.63) is 65.4 Å². The number of aromatic nitrogens is 4. The van der Waals surface area contributed by atoms with Crippen LogP contribution in [-0.2, 0) is 33.4 Å².